The second kappa shape index (κ2) is 9.82. The van der Waals surface area contributed by atoms with Gasteiger partial charge in [-0.15, -0.1) is 0 Å². The maximum absolute atomic E-state index is 12.3. The molecule has 7 N–H and O–H groups in total. The molecule has 3 aromatic rings. The summed E-state index contributed by atoms with van der Waals surface area (Å²) in [6, 6.07) is 15.3. The molecule has 166 valence electrons. The highest BCUT2D eigenvalue weighted by Gasteiger charge is 2.21. The lowest BCUT2D eigenvalue weighted by Crippen LogP contribution is -2.41. The zero-order chi connectivity index (χ0) is 23.3. The third-order valence-corrected chi connectivity index (χ3v) is 5.24. The summed E-state index contributed by atoms with van der Waals surface area (Å²) in [5, 5.41) is 22.2. The zero-order valence-electron chi connectivity index (χ0n) is 17.4. The van der Waals surface area contributed by atoms with Crippen LogP contribution in [0.15, 0.2) is 54.6 Å². The fourth-order valence-electron chi connectivity index (χ4n) is 3.49. The zero-order valence-corrected chi connectivity index (χ0v) is 17.4. The number of aryl methyl sites for hydroxylation is 2. The number of aliphatic carboxylic acids is 2. The lowest BCUT2D eigenvalue weighted by atomic mass is 9.99. The van der Waals surface area contributed by atoms with Crippen molar-refractivity contribution in [1.29, 1.82) is 0 Å². The van der Waals surface area contributed by atoms with Crippen molar-refractivity contribution in [3.8, 4) is 0 Å². The lowest BCUT2D eigenvalue weighted by Gasteiger charge is -2.13. The van der Waals surface area contributed by atoms with Gasteiger partial charge in [-0.2, -0.15) is 0 Å². The molecule has 0 spiro atoms. The number of carbonyl (C=O) groups is 3. The molecule has 0 aliphatic carbocycles. The molecule has 0 radical (unpaired) electrons. The summed E-state index contributed by atoms with van der Waals surface area (Å²) in [6.07, 6.45) is 1.00. The van der Waals surface area contributed by atoms with E-state index in [0.717, 1.165) is 34.7 Å². The van der Waals surface area contributed by atoms with Crippen LogP contribution in [0.5, 0.6) is 0 Å². The Balaban J connectivity index is 1.62. The highest BCUT2D eigenvalue weighted by molar-refractivity contribution is 5.97. The first-order valence-electron chi connectivity index (χ1n) is 10.1. The number of hydrogen-bond acceptors (Lipinski definition) is 5. The van der Waals surface area contributed by atoms with E-state index < -0.39 is 23.9 Å². The third-order valence-electron chi connectivity index (χ3n) is 5.24. The molecule has 8 nitrogen and oxygen atoms in total. The molecular weight excluding hydrogens is 410 g/mol. The Kier molecular flexibility index (Phi) is 6.94. The van der Waals surface area contributed by atoms with Crippen LogP contribution in [0.4, 0.5) is 11.4 Å². The maximum atomic E-state index is 12.3. The predicted molar refractivity (Wildman–Crippen MR) is 122 cm³/mol. The quantitative estimate of drug-likeness (QED) is 0.324. The van der Waals surface area contributed by atoms with Crippen molar-refractivity contribution in [2.24, 2.45) is 0 Å². The van der Waals surface area contributed by atoms with Gasteiger partial charge in [0.2, 0.25) is 0 Å². The van der Waals surface area contributed by atoms with E-state index >= 15 is 0 Å². The number of nitrogen functional groups attached to an aromatic ring is 2. The van der Waals surface area contributed by atoms with Crippen molar-refractivity contribution in [2.75, 3.05) is 11.5 Å². The summed E-state index contributed by atoms with van der Waals surface area (Å²) in [5.74, 6) is -2.94. The molecule has 8 heteroatoms. The molecule has 1 unspecified atom stereocenters. The van der Waals surface area contributed by atoms with Gasteiger partial charge >= 0.3 is 11.9 Å². The Bertz CT molecular complexity index is 1160. The van der Waals surface area contributed by atoms with Crippen LogP contribution >= 0.6 is 0 Å². The molecule has 0 saturated carbocycles. The lowest BCUT2D eigenvalue weighted by molar-refractivity contribution is -0.140. The molecule has 3 rings (SSSR count). The van der Waals surface area contributed by atoms with Gasteiger partial charge in [0.15, 0.2) is 0 Å². The molecule has 0 fully saturated rings. The minimum atomic E-state index is -1.27. The van der Waals surface area contributed by atoms with Crippen molar-refractivity contribution < 1.29 is 24.6 Å². The van der Waals surface area contributed by atoms with Crippen molar-refractivity contribution in [3.05, 3.63) is 71.3 Å². The van der Waals surface area contributed by atoms with Gasteiger partial charge in [-0.1, -0.05) is 24.3 Å². The number of rotatable bonds is 9. The Labute approximate surface area is 184 Å². The largest absolute Gasteiger partial charge is 0.481 e. The highest BCUT2D eigenvalue weighted by atomic mass is 16.4. The topological polar surface area (TPSA) is 156 Å². The monoisotopic (exact) mass is 435 g/mol. The van der Waals surface area contributed by atoms with Crippen LogP contribution in [0.2, 0.25) is 0 Å². The van der Waals surface area contributed by atoms with E-state index in [1.165, 1.54) is 0 Å². The van der Waals surface area contributed by atoms with Crippen LogP contribution in [0.25, 0.3) is 10.8 Å². The Morgan fingerprint density at radius 3 is 2.19 bits per heavy atom. The minimum absolute atomic E-state index is 0.183. The second-order valence-corrected chi connectivity index (χ2v) is 7.66. The van der Waals surface area contributed by atoms with Gasteiger partial charge in [0.05, 0.1) is 0 Å². The van der Waals surface area contributed by atoms with Gasteiger partial charge in [0.25, 0.3) is 5.91 Å². The van der Waals surface area contributed by atoms with Crippen LogP contribution in [-0.4, -0.2) is 34.1 Å². The molecular formula is C24H25N3O5. The summed E-state index contributed by atoms with van der Waals surface area (Å²) in [6.45, 7) is 0. The van der Waals surface area contributed by atoms with E-state index in [2.05, 4.69) is 11.4 Å². The van der Waals surface area contributed by atoms with Crippen molar-refractivity contribution in [2.45, 2.75) is 31.7 Å². The van der Waals surface area contributed by atoms with E-state index in [1.807, 2.05) is 30.3 Å². The SMILES string of the molecule is Nc1cc(N)c2cc(CCc3ccc(C(=O)NC(CCC(=O)O)C(=O)O)cc3)ccc2c1. The van der Waals surface area contributed by atoms with E-state index in [1.54, 1.807) is 18.2 Å². The van der Waals surface area contributed by atoms with Gasteiger partial charge in [0.1, 0.15) is 6.04 Å². The molecule has 3 aromatic carbocycles. The molecule has 1 atom stereocenters. The summed E-state index contributed by atoms with van der Waals surface area (Å²) < 4.78 is 0. The Morgan fingerprint density at radius 1 is 0.875 bits per heavy atom. The van der Waals surface area contributed by atoms with Crippen molar-refractivity contribution in [3.63, 3.8) is 0 Å². The average molecular weight is 435 g/mol. The normalized spacial score (nSPS) is 11.8. The van der Waals surface area contributed by atoms with Gasteiger partial charge in [-0.3, -0.25) is 9.59 Å². The van der Waals surface area contributed by atoms with Crippen LogP contribution in [0.1, 0.15) is 34.3 Å². The van der Waals surface area contributed by atoms with Crippen molar-refractivity contribution in [1.82, 2.24) is 5.32 Å². The first-order chi connectivity index (χ1) is 15.2. The molecule has 0 bridgehead atoms. The maximum Gasteiger partial charge on any atom is 0.326 e. The standard InChI is InChI=1S/C24H25N3O5/c25-18-12-17-8-5-15(11-19(17)20(26)13-18)2-1-14-3-6-16(7-4-14)23(30)27-21(24(31)32)9-10-22(28)29/h3-8,11-13,21H,1-2,9-10,25-26H2,(H,27,30)(H,28,29)(H,31,32). The van der Waals surface area contributed by atoms with Crippen LogP contribution in [0.3, 0.4) is 0 Å². The number of carboxylic acids is 2. The highest BCUT2D eigenvalue weighted by Crippen LogP contribution is 2.26. The van der Waals surface area contributed by atoms with Crippen LogP contribution in [-0.2, 0) is 22.4 Å². The van der Waals surface area contributed by atoms with Gasteiger partial charge in [0, 0.05) is 28.7 Å². The summed E-state index contributed by atoms with van der Waals surface area (Å²) >= 11 is 0. The number of carboxylic acid groups (broad SMARTS) is 2. The number of nitrogens with one attached hydrogen (secondary N) is 1. The molecule has 32 heavy (non-hydrogen) atoms. The van der Waals surface area contributed by atoms with E-state index in [9.17, 15) is 19.5 Å². The number of fused-ring (bicyclic) bond motifs is 1. The van der Waals surface area contributed by atoms with E-state index in [-0.39, 0.29) is 12.8 Å². The van der Waals surface area contributed by atoms with E-state index in [4.69, 9.17) is 16.6 Å². The van der Waals surface area contributed by atoms with Crippen LogP contribution in [0, 0.1) is 0 Å². The predicted octanol–water partition coefficient (Wildman–Crippen LogP) is 2.84. The number of nitrogens with two attached hydrogens (primary N) is 2. The van der Waals surface area contributed by atoms with Crippen LogP contribution < -0.4 is 16.8 Å². The number of carbonyl (C=O) groups excluding carboxylic acids is 1. The first-order valence-corrected chi connectivity index (χ1v) is 10.1. The Hall–Kier alpha value is -4.07. The fraction of sp³-hybridized carbons (Fsp3) is 0.208. The minimum Gasteiger partial charge on any atom is -0.481 e. The number of anilines is 2. The molecule has 0 aromatic heterocycles. The number of benzene rings is 3. The Morgan fingerprint density at radius 2 is 1.53 bits per heavy atom. The van der Waals surface area contributed by atoms with E-state index in [0.29, 0.717) is 16.9 Å². The van der Waals surface area contributed by atoms with Gasteiger partial charge < -0.3 is 27.0 Å². The molecule has 0 saturated heterocycles. The fourth-order valence-corrected chi connectivity index (χ4v) is 3.49. The second-order valence-electron chi connectivity index (χ2n) is 7.66. The number of hydrogen-bond donors (Lipinski definition) is 5. The van der Waals surface area contributed by atoms with Gasteiger partial charge in [-0.05, 0) is 66.1 Å². The summed E-state index contributed by atoms with van der Waals surface area (Å²) in [4.78, 5) is 34.2. The number of amides is 1. The molecule has 0 aliphatic rings. The van der Waals surface area contributed by atoms with Gasteiger partial charge in [-0.25, -0.2) is 4.79 Å². The molecule has 0 heterocycles. The molecule has 0 aliphatic heterocycles. The van der Waals surface area contributed by atoms with Crippen molar-refractivity contribution >= 4 is 40.0 Å². The first kappa shape index (κ1) is 22.6. The summed E-state index contributed by atoms with van der Waals surface area (Å²) in [5.41, 5.74) is 15.6. The average Bonchev–Trinajstić information content (AvgIpc) is 2.75. The summed E-state index contributed by atoms with van der Waals surface area (Å²) in [7, 11) is 0. The molecule has 1 amide bonds. The third kappa shape index (κ3) is 5.75. The smallest absolute Gasteiger partial charge is 0.326 e.